The smallest absolute Gasteiger partial charge is 0.242 e. The molecule has 0 spiro atoms. The van der Waals surface area contributed by atoms with Crippen LogP contribution in [0.2, 0.25) is 0 Å². The molecule has 0 unspecified atom stereocenters. The molecule has 28 heavy (non-hydrogen) atoms. The molecule has 0 bridgehead atoms. The molecule has 0 saturated carbocycles. The Hall–Kier alpha value is -2.82. The summed E-state index contributed by atoms with van der Waals surface area (Å²) in [6, 6.07) is 15.0. The second kappa shape index (κ2) is 10.5. The highest BCUT2D eigenvalue weighted by Crippen LogP contribution is 2.17. The Bertz CT molecular complexity index is 769. The zero-order chi connectivity index (χ0) is 20.5. The fourth-order valence-electron chi connectivity index (χ4n) is 3.12. The molecular weight excluding hydrogens is 352 g/mol. The van der Waals surface area contributed by atoms with Gasteiger partial charge in [0, 0.05) is 13.1 Å². The topological polar surface area (TPSA) is 58.6 Å². The maximum absolute atomic E-state index is 13.2. The molecule has 1 N–H and O–H groups in total. The summed E-state index contributed by atoms with van der Waals surface area (Å²) in [5.74, 6) is 0.589. The quantitative estimate of drug-likeness (QED) is 0.722. The average molecular weight is 383 g/mol. The number of amides is 2. The molecule has 5 nitrogen and oxygen atoms in total. The Morgan fingerprint density at radius 2 is 1.61 bits per heavy atom. The monoisotopic (exact) mass is 382 g/mol. The third-order valence-electron chi connectivity index (χ3n) is 4.72. The Morgan fingerprint density at radius 1 is 1.00 bits per heavy atom. The molecule has 0 radical (unpaired) electrons. The SMILES string of the molecule is CCNC(=O)[C@H](CC)N(Cc1ccc(OC)cc1)C(=O)Cc1ccc(C)cc1. The highest BCUT2D eigenvalue weighted by atomic mass is 16.5. The lowest BCUT2D eigenvalue weighted by Crippen LogP contribution is -2.49. The highest BCUT2D eigenvalue weighted by molar-refractivity contribution is 5.88. The van der Waals surface area contributed by atoms with Crippen molar-refractivity contribution in [3.63, 3.8) is 0 Å². The predicted molar refractivity (Wildman–Crippen MR) is 111 cm³/mol. The second-order valence-electron chi connectivity index (χ2n) is 6.85. The predicted octanol–water partition coefficient (Wildman–Crippen LogP) is 3.49. The van der Waals surface area contributed by atoms with Crippen molar-refractivity contribution in [2.75, 3.05) is 13.7 Å². The van der Waals surface area contributed by atoms with Crippen LogP contribution in [-0.4, -0.2) is 36.4 Å². The molecule has 0 fully saturated rings. The van der Waals surface area contributed by atoms with E-state index in [1.807, 2.05) is 69.3 Å². The zero-order valence-electron chi connectivity index (χ0n) is 17.2. The molecule has 1 atom stereocenters. The van der Waals surface area contributed by atoms with E-state index >= 15 is 0 Å². The largest absolute Gasteiger partial charge is 0.497 e. The van der Waals surface area contributed by atoms with Crippen molar-refractivity contribution in [3.05, 3.63) is 65.2 Å². The lowest BCUT2D eigenvalue weighted by Gasteiger charge is -2.30. The van der Waals surface area contributed by atoms with Gasteiger partial charge in [-0.05, 0) is 43.5 Å². The van der Waals surface area contributed by atoms with Crippen LogP contribution in [0, 0.1) is 6.92 Å². The van der Waals surface area contributed by atoms with Crippen molar-refractivity contribution in [2.45, 2.75) is 46.2 Å². The van der Waals surface area contributed by atoms with E-state index in [9.17, 15) is 9.59 Å². The number of nitrogens with one attached hydrogen (secondary N) is 1. The Balaban J connectivity index is 2.25. The van der Waals surface area contributed by atoms with Gasteiger partial charge in [-0.2, -0.15) is 0 Å². The summed E-state index contributed by atoms with van der Waals surface area (Å²) in [5.41, 5.74) is 3.06. The molecule has 0 aliphatic rings. The number of benzene rings is 2. The van der Waals surface area contributed by atoms with E-state index in [0.29, 0.717) is 19.5 Å². The van der Waals surface area contributed by atoms with Crippen molar-refractivity contribution in [1.82, 2.24) is 10.2 Å². The van der Waals surface area contributed by atoms with E-state index in [4.69, 9.17) is 4.74 Å². The molecule has 2 aromatic carbocycles. The van der Waals surface area contributed by atoms with Crippen LogP contribution in [0.3, 0.4) is 0 Å². The van der Waals surface area contributed by atoms with Crippen LogP contribution >= 0.6 is 0 Å². The first-order valence-corrected chi connectivity index (χ1v) is 9.74. The van der Waals surface area contributed by atoms with Crippen molar-refractivity contribution in [1.29, 1.82) is 0 Å². The number of nitrogens with zero attached hydrogens (tertiary/aromatic N) is 1. The van der Waals surface area contributed by atoms with Crippen molar-refractivity contribution in [3.8, 4) is 5.75 Å². The Morgan fingerprint density at radius 3 is 2.14 bits per heavy atom. The van der Waals surface area contributed by atoms with Crippen LogP contribution < -0.4 is 10.1 Å². The minimum absolute atomic E-state index is 0.0576. The molecule has 150 valence electrons. The number of aryl methyl sites for hydroxylation is 1. The number of likely N-dealkylation sites (N-methyl/N-ethyl adjacent to an activating group) is 1. The molecule has 0 aliphatic carbocycles. The summed E-state index contributed by atoms with van der Waals surface area (Å²) in [5, 5.41) is 2.85. The third-order valence-corrected chi connectivity index (χ3v) is 4.72. The number of ether oxygens (including phenoxy) is 1. The van der Waals surface area contributed by atoms with Gasteiger partial charge in [-0.15, -0.1) is 0 Å². The molecule has 5 heteroatoms. The van der Waals surface area contributed by atoms with Crippen LogP contribution in [-0.2, 0) is 22.6 Å². The van der Waals surface area contributed by atoms with Crippen LogP contribution in [0.25, 0.3) is 0 Å². The van der Waals surface area contributed by atoms with Crippen molar-refractivity contribution >= 4 is 11.8 Å². The van der Waals surface area contributed by atoms with Crippen LogP contribution in [0.15, 0.2) is 48.5 Å². The first kappa shape index (κ1) is 21.5. The van der Waals surface area contributed by atoms with Gasteiger partial charge in [0.15, 0.2) is 0 Å². The van der Waals surface area contributed by atoms with Crippen LogP contribution in [0.5, 0.6) is 5.75 Å². The van der Waals surface area contributed by atoms with E-state index in [0.717, 1.165) is 22.4 Å². The molecule has 0 saturated heterocycles. The number of hydrogen-bond acceptors (Lipinski definition) is 3. The van der Waals surface area contributed by atoms with E-state index in [-0.39, 0.29) is 18.2 Å². The zero-order valence-corrected chi connectivity index (χ0v) is 17.2. The van der Waals surface area contributed by atoms with Gasteiger partial charge in [0.25, 0.3) is 0 Å². The fourth-order valence-corrected chi connectivity index (χ4v) is 3.12. The lowest BCUT2D eigenvalue weighted by atomic mass is 10.1. The number of carbonyl (C=O) groups is 2. The fraction of sp³-hybridized carbons (Fsp3) is 0.391. The molecule has 2 amide bonds. The maximum Gasteiger partial charge on any atom is 0.242 e. The number of hydrogen-bond donors (Lipinski definition) is 1. The van der Waals surface area contributed by atoms with Gasteiger partial charge in [0.1, 0.15) is 11.8 Å². The Labute approximate surface area is 167 Å². The Kier molecular flexibility index (Phi) is 8.05. The van der Waals surface area contributed by atoms with E-state index in [2.05, 4.69) is 5.32 Å². The standard InChI is InChI=1S/C23H30N2O3/c1-5-21(23(27)24-6-2)25(16-19-11-13-20(28-4)14-12-19)22(26)15-18-9-7-17(3)8-10-18/h7-14,21H,5-6,15-16H2,1-4H3,(H,24,27)/t21-/m0/s1. The third kappa shape index (κ3) is 5.84. The molecule has 0 aliphatic heterocycles. The molecular formula is C23H30N2O3. The van der Waals surface area contributed by atoms with Gasteiger partial charge >= 0.3 is 0 Å². The lowest BCUT2D eigenvalue weighted by molar-refractivity contribution is -0.140. The van der Waals surface area contributed by atoms with Gasteiger partial charge < -0.3 is 15.0 Å². The summed E-state index contributed by atoms with van der Waals surface area (Å²) in [7, 11) is 1.62. The summed E-state index contributed by atoms with van der Waals surface area (Å²) in [6.45, 7) is 6.75. The molecule has 2 rings (SSSR count). The summed E-state index contributed by atoms with van der Waals surface area (Å²) >= 11 is 0. The molecule has 0 aromatic heterocycles. The van der Waals surface area contributed by atoms with Gasteiger partial charge in [0.05, 0.1) is 13.5 Å². The average Bonchev–Trinajstić information content (AvgIpc) is 2.70. The second-order valence-corrected chi connectivity index (χ2v) is 6.85. The van der Waals surface area contributed by atoms with E-state index < -0.39 is 6.04 Å². The van der Waals surface area contributed by atoms with Gasteiger partial charge in [-0.3, -0.25) is 9.59 Å². The maximum atomic E-state index is 13.2. The summed E-state index contributed by atoms with van der Waals surface area (Å²) < 4.78 is 5.20. The normalized spacial score (nSPS) is 11.6. The van der Waals surface area contributed by atoms with Crippen molar-refractivity contribution < 1.29 is 14.3 Å². The van der Waals surface area contributed by atoms with Crippen molar-refractivity contribution in [2.24, 2.45) is 0 Å². The number of carbonyl (C=O) groups excluding carboxylic acids is 2. The number of rotatable bonds is 9. The summed E-state index contributed by atoms with van der Waals surface area (Å²) in [4.78, 5) is 27.4. The van der Waals surface area contributed by atoms with Gasteiger partial charge in [-0.1, -0.05) is 48.9 Å². The van der Waals surface area contributed by atoms with E-state index in [1.165, 1.54) is 0 Å². The first-order chi connectivity index (χ1) is 13.5. The summed E-state index contributed by atoms with van der Waals surface area (Å²) in [6.07, 6.45) is 0.827. The van der Waals surface area contributed by atoms with Crippen LogP contribution in [0.1, 0.15) is 37.0 Å². The minimum atomic E-state index is -0.500. The first-order valence-electron chi connectivity index (χ1n) is 9.74. The molecule has 2 aromatic rings. The van der Waals surface area contributed by atoms with Gasteiger partial charge in [-0.25, -0.2) is 0 Å². The highest BCUT2D eigenvalue weighted by Gasteiger charge is 2.28. The minimum Gasteiger partial charge on any atom is -0.497 e. The number of methoxy groups -OCH3 is 1. The molecule has 0 heterocycles. The van der Waals surface area contributed by atoms with E-state index in [1.54, 1.807) is 12.0 Å². The van der Waals surface area contributed by atoms with Gasteiger partial charge in [0.2, 0.25) is 11.8 Å². The van der Waals surface area contributed by atoms with Crippen LogP contribution in [0.4, 0.5) is 0 Å².